The van der Waals surface area contributed by atoms with Gasteiger partial charge in [0.15, 0.2) is 11.6 Å². The van der Waals surface area contributed by atoms with Crippen molar-refractivity contribution in [1.82, 2.24) is 9.55 Å². The topological polar surface area (TPSA) is 44.1 Å². The number of aromatic nitrogens is 2. The van der Waals surface area contributed by atoms with Gasteiger partial charge < -0.3 is 4.74 Å². The Bertz CT molecular complexity index is 1160. The van der Waals surface area contributed by atoms with E-state index in [1.165, 1.54) is 28.8 Å². The number of alkyl halides is 3. The maximum atomic E-state index is 13.5. The predicted molar refractivity (Wildman–Crippen MR) is 91.5 cm³/mol. The van der Waals surface area contributed by atoms with Gasteiger partial charge >= 0.3 is 6.36 Å². The van der Waals surface area contributed by atoms with E-state index in [9.17, 15) is 26.7 Å². The van der Waals surface area contributed by atoms with Gasteiger partial charge in [0, 0.05) is 12.6 Å². The average Bonchev–Trinajstić information content (AvgIpc) is 3.00. The van der Waals surface area contributed by atoms with E-state index >= 15 is 0 Å². The molecule has 0 atom stereocenters. The standard InChI is InChI=1S/C19H11F5N2O2/c20-14-8-13-16(9-15(14)21)25-17-11(5-6-26(17)18(13)27)7-10-1-3-12(4-2-10)28-19(22,23)24/h1-4,7-9H,5-6H2/b11-7+. The molecule has 28 heavy (non-hydrogen) atoms. The highest BCUT2D eigenvalue weighted by atomic mass is 19.4. The van der Waals surface area contributed by atoms with E-state index < -0.39 is 23.6 Å². The first-order valence-electron chi connectivity index (χ1n) is 8.17. The number of allylic oxidation sites excluding steroid dienone is 1. The van der Waals surface area contributed by atoms with Crippen LogP contribution >= 0.6 is 0 Å². The van der Waals surface area contributed by atoms with Crippen molar-refractivity contribution in [2.75, 3.05) is 0 Å². The second-order valence-corrected chi connectivity index (χ2v) is 6.21. The molecule has 4 nitrogen and oxygen atoms in total. The average molecular weight is 394 g/mol. The molecule has 144 valence electrons. The van der Waals surface area contributed by atoms with E-state index in [4.69, 9.17) is 0 Å². The smallest absolute Gasteiger partial charge is 0.406 e. The Hall–Kier alpha value is -3.23. The van der Waals surface area contributed by atoms with Crippen LogP contribution in [-0.2, 0) is 6.54 Å². The quantitative estimate of drug-likeness (QED) is 0.601. The number of hydrogen-bond donors (Lipinski definition) is 0. The molecule has 0 N–H and O–H groups in total. The fraction of sp³-hybridized carbons (Fsp3) is 0.158. The predicted octanol–water partition coefficient (Wildman–Crippen LogP) is 4.52. The second-order valence-electron chi connectivity index (χ2n) is 6.21. The highest BCUT2D eigenvalue weighted by Gasteiger charge is 2.31. The van der Waals surface area contributed by atoms with Crippen molar-refractivity contribution in [3.8, 4) is 5.75 Å². The summed E-state index contributed by atoms with van der Waals surface area (Å²) in [4.78, 5) is 16.8. The Labute approximate surface area is 154 Å². The second kappa shape index (κ2) is 6.43. The van der Waals surface area contributed by atoms with Crippen LogP contribution in [0.2, 0.25) is 0 Å². The number of nitrogens with zero attached hydrogens (tertiary/aromatic N) is 2. The van der Waals surface area contributed by atoms with Crippen LogP contribution in [0.15, 0.2) is 41.2 Å². The zero-order chi connectivity index (χ0) is 20.1. The van der Waals surface area contributed by atoms with E-state index in [-0.39, 0.29) is 16.7 Å². The zero-order valence-corrected chi connectivity index (χ0v) is 14.1. The van der Waals surface area contributed by atoms with Gasteiger partial charge in [0.2, 0.25) is 0 Å². The Balaban J connectivity index is 1.73. The number of benzene rings is 2. The molecule has 0 unspecified atom stereocenters. The molecule has 0 saturated heterocycles. The molecule has 0 saturated carbocycles. The summed E-state index contributed by atoms with van der Waals surface area (Å²) in [6, 6.07) is 6.91. The lowest BCUT2D eigenvalue weighted by atomic mass is 10.1. The summed E-state index contributed by atoms with van der Waals surface area (Å²) in [5.41, 5.74) is 0.805. The van der Waals surface area contributed by atoms with Gasteiger partial charge in [0.05, 0.1) is 10.9 Å². The van der Waals surface area contributed by atoms with Crippen molar-refractivity contribution in [3.63, 3.8) is 0 Å². The number of rotatable bonds is 2. The van der Waals surface area contributed by atoms with E-state index in [1.54, 1.807) is 6.08 Å². The molecule has 1 aromatic heterocycles. The Morgan fingerprint density at radius 1 is 1.07 bits per heavy atom. The lowest BCUT2D eigenvalue weighted by molar-refractivity contribution is -0.274. The largest absolute Gasteiger partial charge is 0.573 e. The first kappa shape index (κ1) is 18.1. The van der Waals surface area contributed by atoms with Gasteiger partial charge in [-0.1, -0.05) is 12.1 Å². The first-order chi connectivity index (χ1) is 13.2. The van der Waals surface area contributed by atoms with Crippen LogP contribution in [0.4, 0.5) is 22.0 Å². The molecule has 2 heterocycles. The van der Waals surface area contributed by atoms with Crippen molar-refractivity contribution < 1.29 is 26.7 Å². The van der Waals surface area contributed by atoms with Crippen LogP contribution in [0.5, 0.6) is 5.75 Å². The molecule has 1 aliphatic heterocycles. The van der Waals surface area contributed by atoms with Crippen LogP contribution in [0.25, 0.3) is 22.6 Å². The molecule has 0 aliphatic carbocycles. The van der Waals surface area contributed by atoms with E-state index in [0.29, 0.717) is 29.9 Å². The summed E-state index contributed by atoms with van der Waals surface area (Å²) in [7, 11) is 0. The number of fused-ring (bicyclic) bond motifs is 2. The molecule has 4 rings (SSSR count). The van der Waals surface area contributed by atoms with Crippen molar-refractivity contribution in [2.24, 2.45) is 0 Å². The normalized spacial score (nSPS) is 15.2. The fourth-order valence-electron chi connectivity index (χ4n) is 3.12. The van der Waals surface area contributed by atoms with Crippen LogP contribution < -0.4 is 10.3 Å². The molecular formula is C19H11F5N2O2. The molecule has 0 bridgehead atoms. The van der Waals surface area contributed by atoms with E-state index in [0.717, 1.165) is 12.1 Å². The summed E-state index contributed by atoms with van der Waals surface area (Å²) < 4.78 is 68.8. The molecular weight excluding hydrogens is 383 g/mol. The summed E-state index contributed by atoms with van der Waals surface area (Å²) in [5.74, 6) is -2.26. The van der Waals surface area contributed by atoms with Crippen LogP contribution in [0, 0.1) is 11.6 Å². The minimum Gasteiger partial charge on any atom is -0.406 e. The van der Waals surface area contributed by atoms with Crippen LogP contribution in [0.3, 0.4) is 0 Å². The highest BCUT2D eigenvalue weighted by molar-refractivity contribution is 5.84. The monoisotopic (exact) mass is 394 g/mol. The summed E-state index contributed by atoms with van der Waals surface area (Å²) in [5, 5.41) is -0.0162. The highest BCUT2D eigenvalue weighted by Crippen LogP contribution is 2.29. The lowest BCUT2D eigenvalue weighted by Crippen LogP contribution is -2.21. The molecule has 0 radical (unpaired) electrons. The van der Waals surface area contributed by atoms with Gasteiger partial charge in [0.25, 0.3) is 5.56 Å². The summed E-state index contributed by atoms with van der Waals surface area (Å²) in [6.07, 6.45) is -2.65. The molecule has 0 spiro atoms. The Kier molecular flexibility index (Phi) is 4.17. The Morgan fingerprint density at radius 3 is 2.43 bits per heavy atom. The van der Waals surface area contributed by atoms with Crippen LogP contribution in [0.1, 0.15) is 17.8 Å². The van der Waals surface area contributed by atoms with Crippen molar-refractivity contribution in [2.45, 2.75) is 19.3 Å². The zero-order valence-electron chi connectivity index (χ0n) is 14.1. The van der Waals surface area contributed by atoms with Crippen molar-refractivity contribution in [1.29, 1.82) is 0 Å². The Morgan fingerprint density at radius 2 is 1.75 bits per heavy atom. The van der Waals surface area contributed by atoms with Crippen molar-refractivity contribution >= 4 is 22.6 Å². The maximum absolute atomic E-state index is 13.5. The maximum Gasteiger partial charge on any atom is 0.573 e. The molecule has 3 aromatic rings. The van der Waals surface area contributed by atoms with Gasteiger partial charge in [-0.2, -0.15) is 0 Å². The van der Waals surface area contributed by atoms with Crippen molar-refractivity contribution in [3.05, 3.63) is 69.8 Å². The molecule has 9 heteroatoms. The number of halogens is 5. The summed E-state index contributed by atoms with van der Waals surface area (Å²) in [6.45, 7) is 0.317. The van der Waals surface area contributed by atoms with E-state index in [2.05, 4.69) is 9.72 Å². The van der Waals surface area contributed by atoms with Gasteiger partial charge in [-0.3, -0.25) is 9.36 Å². The first-order valence-corrected chi connectivity index (χ1v) is 8.17. The van der Waals surface area contributed by atoms with E-state index in [1.807, 2.05) is 0 Å². The van der Waals surface area contributed by atoms with Gasteiger partial charge in [-0.05, 0) is 41.8 Å². The number of hydrogen-bond acceptors (Lipinski definition) is 3. The minimum atomic E-state index is -4.77. The minimum absolute atomic E-state index is 0.0162. The lowest BCUT2D eigenvalue weighted by Gasteiger charge is -2.09. The molecule has 0 fully saturated rings. The van der Waals surface area contributed by atoms with Gasteiger partial charge in [0.1, 0.15) is 11.6 Å². The fourth-order valence-corrected chi connectivity index (χ4v) is 3.12. The van der Waals surface area contributed by atoms with Gasteiger partial charge in [-0.25, -0.2) is 13.8 Å². The van der Waals surface area contributed by atoms with Crippen LogP contribution in [-0.4, -0.2) is 15.9 Å². The third kappa shape index (κ3) is 3.35. The third-order valence-electron chi connectivity index (χ3n) is 4.34. The van der Waals surface area contributed by atoms with Gasteiger partial charge in [-0.15, -0.1) is 13.2 Å². The molecule has 1 aliphatic rings. The third-order valence-corrected chi connectivity index (χ3v) is 4.34. The molecule has 2 aromatic carbocycles. The number of ether oxygens (including phenoxy) is 1. The summed E-state index contributed by atoms with van der Waals surface area (Å²) >= 11 is 0. The molecule has 0 amide bonds. The SMILES string of the molecule is O=c1c2cc(F)c(F)cc2nc2n1CC/C2=C\c1ccc(OC(F)(F)F)cc1.